The molecule has 3 rings (SSSR count). The zero-order valence-electron chi connectivity index (χ0n) is 10.5. The molecule has 0 aromatic carbocycles. The number of nitrogens with two attached hydrogens (primary N) is 1. The molecule has 0 atom stereocenters. The van der Waals surface area contributed by atoms with Crippen molar-refractivity contribution < 1.29 is 4.79 Å². The molecular weight excluding hydrogens is 248 g/mol. The zero-order valence-corrected chi connectivity index (χ0v) is 11.3. The molecule has 98 valence electrons. The van der Waals surface area contributed by atoms with E-state index in [4.69, 9.17) is 5.73 Å². The lowest BCUT2D eigenvalue weighted by atomic mass is 10.2. The van der Waals surface area contributed by atoms with Crippen LogP contribution in [0.5, 0.6) is 0 Å². The molecule has 0 aliphatic heterocycles. The van der Waals surface area contributed by atoms with E-state index < -0.39 is 0 Å². The topological polar surface area (TPSA) is 71.2 Å². The van der Waals surface area contributed by atoms with Crippen LogP contribution in [0.3, 0.4) is 0 Å². The molecule has 0 unspecified atom stereocenters. The van der Waals surface area contributed by atoms with E-state index in [0.29, 0.717) is 17.4 Å². The summed E-state index contributed by atoms with van der Waals surface area (Å²) in [6, 6.07) is 0.346. The van der Waals surface area contributed by atoms with Crippen LogP contribution < -0.4 is 16.0 Å². The molecule has 0 saturated heterocycles. The Hall–Kier alpha value is -1.30. The van der Waals surface area contributed by atoms with Gasteiger partial charge in [-0.2, -0.15) is 4.37 Å². The van der Waals surface area contributed by atoms with Crippen molar-refractivity contribution >= 4 is 28.3 Å². The number of nitrogen functional groups attached to an aromatic ring is 1. The number of hydrogen-bond donors (Lipinski definition) is 2. The summed E-state index contributed by atoms with van der Waals surface area (Å²) < 4.78 is 4.13. The summed E-state index contributed by atoms with van der Waals surface area (Å²) in [5.41, 5.74) is 6.40. The minimum Gasteiger partial charge on any atom is -0.382 e. The molecular formula is C12H18N4OS. The Bertz CT molecular complexity index is 465. The fourth-order valence-corrected chi connectivity index (χ4v) is 2.80. The highest BCUT2D eigenvalue weighted by Gasteiger charge is 2.30. The molecule has 1 aromatic rings. The first-order valence-corrected chi connectivity index (χ1v) is 7.19. The number of aromatic nitrogens is 1. The van der Waals surface area contributed by atoms with Gasteiger partial charge in [0, 0.05) is 19.6 Å². The van der Waals surface area contributed by atoms with Gasteiger partial charge >= 0.3 is 0 Å². The van der Waals surface area contributed by atoms with Crippen molar-refractivity contribution in [3.05, 3.63) is 5.56 Å². The van der Waals surface area contributed by atoms with Gasteiger partial charge in [-0.25, -0.2) is 0 Å². The Morgan fingerprint density at radius 1 is 1.50 bits per heavy atom. The Balaban J connectivity index is 1.77. The standard InChI is InChI=1S/C12H18N4OS/c1-16(6-7-2-3-7)12-9(10(13)15-18-12)11(17)14-8-4-5-8/h7-8H,2-6H2,1H3,(H2,13,15)(H,14,17). The van der Waals surface area contributed by atoms with E-state index in [1.165, 1.54) is 24.4 Å². The second-order valence-electron chi connectivity index (χ2n) is 5.32. The number of nitrogens with zero attached hydrogens (tertiary/aromatic N) is 2. The highest BCUT2D eigenvalue weighted by molar-refractivity contribution is 7.11. The second-order valence-corrected chi connectivity index (χ2v) is 6.07. The van der Waals surface area contributed by atoms with Gasteiger partial charge in [0.2, 0.25) is 0 Å². The van der Waals surface area contributed by atoms with Crippen LogP contribution in [0.2, 0.25) is 0 Å². The van der Waals surface area contributed by atoms with E-state index in [9.17, 15) is 4.79 Å². The van der Waals surface area contributed by atoms with E-state index in [1.54, 1.807) is 0 Å². The first kappa shape index (κ1) is 11.8. The second kappa shape index (κ2) is 4.42. The van der Waals surface area contributed by atoms with Crippen molar-refractivity contribution in [2.75, 3.05) is 24.2 Å². The molecule has 2 fully saturated rings. The normalized spacial score (nSPS) is 18.7. The summed E-state index contributed by atoms with van der Waals surface area (Å²) in [5.74, 6) is 1.06. The number of nitrogens with one attached hydrogen (secondary N) is 1. The van der Waals surface area contributed by atoms with Crippen LogP contribution in [0.4, 0.5) is 10.8 Å². The molecule has 18 heavy (non-hydrogen) atoms. The molecule has 1 heterocycles. The number of hydrogen-bond acceptors (Lipinski definition) is 5. The van der Waals surface area contributed by atoms with Crippen molar-refractivity contribution in [1.82, 2.24) is 9.69 Å². The molecule has 2 aliphatic carbocycles. The Labute approximate surface area is 111 Å². The number of carbonyl (C=O) groups is 1. The third-order valence-electron chi connectivity index (χ3n) is 3.42. The Morgan fingerprint density at radius 3 is 2.83 bits per heavy atom. The van der Waals surface area contributed by atoms with Crippen molar-refractivity contribution in [3.8, 4) is 0 Å². The maximum Gasteiger partial charge on any atom is 0.258 e. The largest absolute Gasteiger partial charge is 0.382 e. The number of amides is 1. The third-order valence-corrected chi connectivity index (χ3v) is 4.39. The molecule has 2 aliphatic rings. The van der Waals surface area contributed by atoms with Crippen LogP contribution >= 0.6 is 11.5 Å². The Kier molecular flexibility index (Phi) is 2.89. The lowest BCUT2D eigenvalue weighted by molar-refractivity contribution is 0.0952. The number of carbonyl (C=O) groups excluding carboxylic acids is 1. The number of anilines is 2. The summed E-state index contributed by atoms with van der Waals surface area (Å²) in [6.45, 7) is 0.991. The lowest BCUT2D eigenvalue weighted by Gasteiger charge is -2.18. The van der Waals surface area contributed by atoms with Crippen LogP contribution in [0, 0.1) is 5.92 Å². The van der Waals surface area contributed by atoms with Crippen molar-refractivity contribution in [3.63, 3.8) is 0 Å². The summed E-state index contributed by atoms with van der Waals surface area (Å²) in [7, 11) is 2.01. The molecule has 0 bridgehead atoms. The van der Waals surface area contributed by atoms with Crippen molar-refractivity contribution in [2.24, 2.45) is 5.92 Å². The van der Waals surface area contributed by atoms with Gasteiger partial charge in [-0.1, -0.05) is 0 Å². The van der Waals surface area contributed by atoms with Gasteiger partial charge in [-0.3, -0.25) is 4.79 Å². The average Bonchev–Trinajstić information content (AvgIpc) is 3.22. The van der Waals surface area contributed by atoms with Gasteiger partial charge in [0.1, 0.15) is 10.6 Å². The number of rotatable bonds is 5. The summed E-state index contributed by atoms with van der Waals surface area (Å²) in [5, 5.41) is 3.88. The summed E-state index contributed by atoms with van der Waals surface area (Å²) in [4.78, 5) is 14.3. The SMILES string of the molecule is CN(CC1CC1)c1snc(N)c1C(=O)NC1CC1. The van der Waals surface area contributed by atoms with Gasteiger partial charge in [0.05, 0.1) is 0 Å². The van der Waals surface area contributed by atoms with Gasteiger partial charge in [-0.15, -0.1) is 0 Å². The molecule has 0 spiro atoms. The predicted octanol–water partition coefficient (Wildman–Crippen LogP) is 1.46. The van der Waals surface area contributed by atoms with E-state index in [1.807, 2.05) is 7.05 Å². The molecule has 5 nitrogen and oxygen atoms in total. The molecule has 2 saturated carbocycles. The van der Waals surface area contributed by atoms with Crippen molar-refractivity contribution in [1.29, 1.82) is 0 Å². The van der Waals surface area contributed by atoms with Gasteiger partial charge in [0.25, 0.3) is 5.91 Å². The van der Waals surface area contributed by atoms with Crippen molar-refractivity contribution in [2.45, 2.75) is 31.7 Å². The summed E-state index contributed by atoms with van der Waals surface area (Å²) in [6.07, 6.45) is 4.75. The highest BCUT2D eigenvalue weighted by Crippen LogP contribution is 2.35. The maximum absolute atomic E-state index is 12.2. The molecule has 1 amide bonds. The van der Waals surface area contributed by atoms with Crippen LogP contribution in [0.1, 0.15) is 36.0 Å². The van der Waals surface area contributed by atoms with E-state index in [2.05, 4.69) is 14.6 Å². The van der Waals surface area contributed by atoms with Crippen LogP contribution in [-0.2, 0) is 0 Å². The van der Waals surface area contributed by atoms with Crippen LogP contribution in [-0.4, -0.2) is 29.9 Å². The highest BCUT2D eigenvalue weighted by atomic mass is 32.1. The van der Waals surface area contributed by atoms with E-state index >= 15 is 0 Å². The quantitative estimate of drug-likeness (QED) is 0.846. The van der Waals surface area contributed by atoms with Crippen LogP contribution in [0.25, 0.3) is 0 Å². The molecule has 3 N–H and O–H groups in total. The van der Waals surface area contributed by atoms with E-state index in [-0.39, 0.29) is 5.91 Å². The first-order valence-electron chi connectivity index (χ1n) is 6.42. The molecule has 6 heteroatoms. The predicted molar refractivity (Wildman–Crippen MR) is 73.0 cm³/mol. The smallest absolute Gasteiger partial charge is 0.258 e. The zero-order chi connectivity index (χ0) is 12.7. The molecule has 1 aromatic heterocycles. The molecule has 0 radical (unpaired) electrons. The van der Waals surface area contributed by atoms with E-state index in [0.717, 1.165) is 30.3 Å². The average molecular weight is 266 g/mol. The van der Waals surface area contributed by atoms with Crippen LogP contribution in [0.15, 0.2) is 0 Å². The summed E-state index contributed by atoms with van der Waals surface area (Å²) >= 11 is 1.32. The van der Waals surface area contributed by atoms with Gasteiger partial charge in [0.15, 0.2) is 5.82 Å². The maximum atomic E-state index is 12.2. The Morgan fingerprint density at radius 2 is 2.22 bits per heavy atom. The lowest BCUT2D eigenvalue weighted by Crippen LogP contribution is -2.28. The van der Waals surface area contributed by atoms with Gasteiger partial charge in [-0.05, 0) is 43.1 Å². The fraction of sp³-hybridized carbons (Fsp3) is 0.667. The fourth-order valence-electron chi connectivity index (χ4n) is 2.02. The van der Waals surface area contributed by atoms with Gasteiger partial charge < -0.3 is 16.0 Å². The minimum absolute atomic E-state index is 0.0682. The minimum atomic E-state index is -0.0682. The monoisotopic (exact) mass is 266 g/mol. The first-order chi connectivity index (χ1) is 8.65. The third kappa shape index (κ3) is 2.43.